The molecule has 0 fully saturated rings. The molecule has 0 atom stereocenters. The molecule has 108 valence electrons. The normalized spacial score (nSPS) is 11.0. The van der Waals surface area contributed by atoms with Gasteiger partial charge in [0.15, 0.2) is 5.43 Å². The Morgan fingerprint density at radius 1 is 1.33 bits per heavy atom. The zero-order chi connectivity index (χ0) is 15.0. The molecule has 5 heteroatoms. The summed E-state index contributed by atoms with van der Waals surface area (Å²) in [7, 11) is 1.68. The van der Waals surface area contributed by atoms with Crippen molar-refractivity contribution in [2.24, 2.45) is 0 Å². The first kappa shape index (κ1) is 13.8. The van der Waals surface area contributed by atoms with E-state index in [1.165, 1.54) is 11.3 Å². The van der Waals surface area contributed by atoms with E-state index in [0.29, 0.717) is 6.54 Å². The summed E-state index contributed by atoms with van der Waals surface area (Å²) in [6.07, 6.45) is 3.65. The smallest absolute Gasteiger partial charge is 0.199 e. The number of methoxy groups -OCH3 is 1. The van der Waals surface area contributed by atoms with Crippen LogP contribution in [0.5, 0.6) is 5.75 Å². The first-order valence-corrected chi connectivity index (χ1v) is 7.55. The summed E-state index contributed by atoms with van der Waals surface area (Å²) in [5.74, 6) is 0.877. The van der Waals surface area contributed by atoms with E-state index in [4.69, 9.17) is 4.74 Å². The number of fused-ring (bicyclic) bond motifs is 1. The van der Waals surface area contributed by atoms with Crippen LogP contribution in [0.1, 0.15) is 16.8 Å². The second-order valence-corrected chi connectivity index (χ2v) is 5.91. The lowest BCUT2D eigenvalue weighted by Crippen LogP contribution is -2.09. The molecular weight excluding hydrogens is 284 g/mol. The van der Waals surface area contributed by atoms with Gasteiger partial charge in [0.2, 0.25) is 0 Å². The van der Waals surface area contributed by atoms with E-state index in [-0.39, 0.29) is 5.43 Å². The molecular formula is C16H16N2O2S. The van der Waals surface area contributed by atoms with Crippen LogP contribution in [0.4, 0.5) is 0 Å². The summed E-state index contributed by atoms with van der Waals surface area (Å²) in [4.78, 5) is 16.3. The molecule has 0 radical (unpaired) electrons. The van der Waals surface area contributed by atoms with Gasteiger partial charge >= 0.3 is 0 Å². The van der Waals surface area contributed by atoms with Crippen molar-refractivity contribution in [1.82, 2.24) is 9.55 Å². The highest BCUT2D eigenvalue weighted by molar-refractivity contribution is 7.17. The Hall–Kier alpha value is -2.14. The Bertz CT molecular complexity index is 864. The second kappa shape index (κ2) is 5.33. The van der Waals surface area contributed by atoms with Crippen LogP contribution >= 0.6 is 11.3 Å². The van der Waals surface area contributed by atoms with Crippen LogP contribution < -0.4 is 10.2 Å². The average Bonchev–Trinajstić information content (AvgIpc) is 2.96. The quantitative estimate of drug-likeness (QED) is 0.746. The Balaban J connectivity index is 2.09. The summed E-state index contributed by atoms with van der Waals surface area (Å²) in [5.41, 5.74) is 4.04. The summed E-state index contributed by atoms with van der Waals surface area (Å²) >= 11 is 1.47. The maximum Gasteiger partial charge on any atom is 0.199 e. The summed E-state index contributed by atoms with van der Waals surface area (Å²) in [6.45, 7) is 4.62. The van der Waals surface area contributed by atoms with E-state index < -0.39 is 0 Å². The molecule has 3 aromatic rings. The van der Waals surface area contributed by atoms with Crippen LogP contribution in [-0.4, -0.2) is 16.7 Å². The zero-order valence-electron chi connectivity index (χ0n) is 12.2. The molecule has 0 saturated carbocycles. The van der Waals surface area contributed by atoms with Gasteiger partial charge in [-0.15, -0.1) is 11.3 Å². The monoisotopic (exact) mass is 300 g/mol. The predicted octanol–water partition coefficient (Wildman–Crippen LogP) is 3.13. The Morgan fingerprint density at radius 3 is 2.90 bits per heavy atom. The van der Waals surface area contributed by atoms with Crippen molar-refractivity contribution < 1.29 is 4.74 Å². The highest BCUT2D eigenvalue weighted by Gasteiger charge is 2.11. The van der Waals surface area contributed by atoms with Gasteiger partial charge in [-0.2, -0.15) is 0 Å². The van der Waals surface area contributed by atoms with Gasteiger partial charge in [0.25, 0.3) is 0 Å². The third kappa shape index (κ3) is 2.34. The van der Waals surface area contributed by atoms with Crippen LogP contribution in [0.15, 0.2) is 34.7 Å². The maximum atomic E-state index is 11.8. The van der Waals surface area contributed by atoms with E-state index in [0.717, 1.165) is 32.8 Å². The SMILES string of the molecule is COc1c(C)cnc(Cn2ccc(=O)c3sccc32)c1C. The molecule has 0 aromatic carbocycles. The van der Waals surface area contributed by atoms with Gasteiger partial charge in [0, 0.05) is 29.6 Å². The molecule has 0 spiro atoms. The lowest BCUT2D eigenvalue weighted by molar-refractivity contribution is 0.406. The molecule has 21 heavy (non-hydrogen) atoms. The predicted molar refractivity (Wildman–Crippen MR) is 85.5 cm³/mol. The molecule has 0 N–H and O–H groups in total. The molecule has 0 saturated heterocycles. The van der Waals surface area contributed by atoms with Gasteiger partial charge in [0.1, 0.15) is 5.75 Å². The molecule has 4 nitrogen and oxygen atoms in total. The van der Waals surface area contributed by atoms with E-state index in [2.05, 4.69) is 9.55 Å². The number of ether oxygens (including phenoxy) is 1. The summed E-state index contributed by atoms with van der Waals surface area (Å²) in [5, 5.41) is 1.94. The molecule has 0 unspecified atom stereocenters. The lowest BCUT2D eigenvalue weighted by atomic mass is 10.1. The third-order valence-corrected chi connectivity index (χ3v) is 4.57. The van der Waals surface area contributed by atoms with E-state index in [9.17, 15) is 4.79 Å². The van der Waals surface area contributed by atoms with Crippen molar-refractivity contribution in [3.63, 3.8) is 0 Å². The van der Waals surface area contributed by atoms with E-state index in [1.807, 2.05) is 37.7 Å². The van der Waals surface area contributed by atoms with E-state index in [1.54, 1.807) is 13.2 Å². The van der Waals surface area contributed by atoms with Crippen LogP contribution in [0, 0.1) is 13.8 Å². The molecule has 0 bridgehead atoms. The number of hydrogen-bond acceptors (Lipinski definition) is 4. The summed E-state index contributed by atoms with van der Waals surface area (Å²) < 4.78 is 8.29. The largest absolute Gasteiger partial charge is 0.496 e. The van der Waals surface area contributed by atoms with Gasteiger partial charge in [-0.1, -0.05) is 0 Å². The molecule has 3 aromatic heterocycles. The number of rotatable bonds is 3. The van der Waals surface area contributed by atoms with E-state index >= 15 is 0 Å². The van der Waals surface area contributed by atoms with Crippen molar-refractivity contribution in [1.29, 1.82) is 0 Å². The number of pyridine rings is 2. The van der Waals surface area contributed by atoms with Crippen LogP contribution in [-0.2, 0) is 6.54 Å². The fraction of sp³-hybridized carbons (Fsp3) is 0.250. The fourth-order valence-corrected chi connectivity index (χ4v) is 3.38. The minimum absolute atomic E-state index is 0.0717. The van der Waals surface area contributed by atoms with Crippen molar-refractivity contribution >= 4 is 21.6 Å². The first-order valence-electron chi connectivity index (χ1n) is 6.67. The number of hydrogen-bond donors (Lipinski definition) is 0. The first-order chi connectivity index (χ1) is 10.1. The van der Waals surface area contributed by atoms with Gasteiger partial charge in [-0.3, -0.25) is 9.78 Å². The molecule has 3 rings (SSSR count). The number of aromatic nitrogens is 2. The summed E-state index contributed by atoms with van der Waals surface area (Å²) in [6, 6.07) is 3.59. The Kier molecular flexibility index (Phi) is 3.51. The number of aryl methyl sites for hydroxylation is 1. The van der Waals surface area contributed by atoms with Crippen LogP contribution in [0.3, 0.4) is 0 Å². The zero-order valence-corrected chi connectivity index (χ0v) is 13.0. The van der Waals surface area contributed by atoms with Gasteiger partial charge in [0.05, 0.1) is 29.6 Å². The number of thiophene rings is 1. The highest BCUT2D eigenvalue weighted by Crippen LogP contribution is 2.25. The topological polar surface area (TPSA) is 44.1 Å². The highest BCUT2D eigenvalue weighted by atomic mass is 32.1. The number of nitrogens with zero attached hydrogens (tertiary/aromatic N) is 2. The Labute approximate surface area is 126 Å². The van der Waals surface area contributed by atoms with Gasteiger partial charge in [-0.25, -0.2) is 0 Å². The second-order valence-electron chi connectivity index (χ2n) is 4.99. The van der Waals surface area contributed by atoms with Crippen molar-refractivity contribution in [2.45, 2.75) is 20.4 Å². The third-order valence-electron chi connectivity index (χ3n) is 3.65. The van der Waals surface area contributed by atoms with Crippen LogP contribution in [0.25, 0.3) is 10.2 Å². The fourth-order valence-electron chi connectivity index (χ4n) is 2.56. The Morgan fingerprint density at radius 2 is 2.14 bits per heavy atom. The molecule has 3 heterocycles. The van der Waals surface area contributed by atoms with Crippen molar-refractivity contribution in [2.75, 3.05) is 7.11 Å². The lowest BCUT2D eigenvalue weighted by Gasteiger charge is -2.14. The van der Waals surface area contributed by atoms with Gasteiger partial charge < -0.3 is 9.30 Å². The molecule has 0 aliphatic carbocycles. The van der Waals surface area contributed by atoms with Crippen LogP contribution in [0.2, 0.25) is 0 Å². The minimum Gasteiger partial charge on any atom is -0.496 e. The average molecular weight is 300 g/mol. The molecule has 0 amide bonds. The van der Waals surface area contributed by atoms with Gasteiger partial charge in [-0.05, 0) is 25.3 Å². The molecule has 0 aliphatic heterocycles. The molecule has 0 aliphatic rings. The van der Waals surface area contributed by atoms with Crippen molar-refractivity contribution in [3.05, 3.63) is 57.0 Å². The van der Waals surface area contributed by atoms with Crippen molar-refractivity contribution in [3.8, 4) is 5.75 Å². The standard InChI is InChI=1S/C16H16N2O2S/c1-10-8-17-12(11(2)15(10)20-3)9-18-6-4-14(19)16-13(18)5-7-21-16/h4-8H,9H2,1-3H3. The maximum absolute atomic E-state index is 11.8. The minimum atomic E-state index is 0.0717.